The molecule has 20 heavy (non-hydrogen) atoms. The Morgan fingerprint density at radius 2 is 1.80 bits per heavy atom. The molecule has 0 amide bonds. The number of nitrogens with one attached hydrogen (secondary N) is 1. The van der Waals surface area contributed by atoms with Gasteiger partial charge in [-0.25, -0.2) is 0 Å². The summed E-state index contributed by atoms with van der Waals surface area (Å²) in [5, 5.41) is 3.54. The molecule has 2 nitrogen and oxygen atoms in total. The standard InChI is InChI=1S/C16H25F2NO/c1-5-13(6-2)11(3)19-12(4)14-8-7-9-15(10-14)20-16(17)18/h7-13,16,19H,5-6H2,1-4H3. The van der Waals surface area contributed by atoms with Crippen LogP contribution in [-0.4, -0.2) is 12.7 Å². The molecule has 0 saturated heterocycles. The van der Waals surface area contributed by atoms with E-state index in [9.17, 15) is 8.78 Å². The highest BCUT2D eigenvalue weighted by Crippen LogP contribution is 2.22. The van der Waals surface area contributed by atoms with E-state index in [-0.39, 0.29) is 11.8 Å². The Balaban J connectivity index is 2.69. The summed E-state index contributed by atoms with van der Waals surface area (Å²) in [6.07, 6.45) is 2.26. The van der Waals surface area contributed by atoms with Gasteiger partial charge in [-0.15, -0.1) is 0 Å². The van der Waals surface area contributed by atoms with Crippen LogP contribution in [0.2, 0.25) is 0 Å². The van der Waals surface area contributed by atoms with Crippen molar-refractivity contribution >= 4 is 0 Å². The maximum Gasteiger partial charge on any atom is 0.387 e. The number of halogens is 2. The average Bonchev–Trinajstić information content (AvgIpc) is 2.39. The third kappa shape index (κ3) is 5.08. The molecule has 2 atom stereocenters. The van der Waals surface area contributed by atoms with Gasteiger partial charge in [0.25, 0.3) is 0 Å². The summed E-state index contributed by atoms with van der Waals surface area (Å²) < 4.78 is 28.9. The van der Waals surface area contributed by atoms with E-state index in [2.05, 4.69) is 30.8 Å². The molecule has 0 fully saturated rings. The molecule has 0 radical (unpaired) electrons. The van der Waals surface area contributed by atoms with Gasteiger partial charge in [0.15, 0.2) is 0 Å². The van der Waals surface area contributed by atoms with Crippen molar-refractivity contribution in [1.29, 1.82) is 0 Å². The van der Waals surface area contributed by atoms with E-state index in [1.807, 2.05) is 13.0 Å². The maximum absolute atomic E-state index is 12.2. The summed E-state index contributed by atoms with van der Waals surface area (Å²) in [7, 11) is 0. The van der Waals surface area contributed by atoms with Crippen LogP contribution in [0.5, 0.6) is 5.75 Å². The topological polar surface area (TPSA) is 21.3 Å². The Labute approximate surface area is 120 Å². The van der Waals surface area contributed by atoms with E-state index in [1.165, 1.54) is 0 Å². The first-order chi connectivity index (χ1) is 9.47. The van der Waals surface area contributed by atoms with Gasteiger partial charge in [0.05, 0.1) is 0 Å². The van der Waals surface area contributed by atoms with Crippen molar-refractivity contribution in [2.75, 3.05) is 0 Å². The molecule has 1 rings (SSSR count). The third-order valence-electron chi connectivity index (χ3n) is 3.85. The highest BCUT2D eigenvalue weighted by atomic mass is 19.3. The number of hydrogen-bond donors (Lipinski definition) is 1. The van der Waals surface area contributed by atoms with E-state index < -0.39 is 6.61 Å². The summed E-state index contributed by atoms with van der Waals surface area (Å²) in [5.41, 5.74) is 0.959. The molecule has 0 aliphatic rings. The van der Waals surface area contributed by atoms with Crippen molar-refractivity contribution < 1.29 is 13.5 Å². The van der Waals surface area contributed by atoms with Crippen LogP contribution in [0.1, 0.15) is 52.1 Å². The van der Waals surface area contributed by atoms with Crippen LogP contribution in [0.3, 0.4) is 0 Å². The summed E-state index contributed by atoms with van der Waals surface area (Å²) in [5.74, 6) is 0.833. The van der Waals surface area contributed by atoms with E-state index in [0.29, 0.717) is 12.0 Å². The number of hydrogen-bond acceptors (Lipinski definition) is 2. The Morgan fingerprint density at radius 3 is 2.35 bits per heavy atom. The lowest BCUT2D eigenvalue weighted by Crippen LogP contribution is -2.35. The van der Waals surface area contributed by atoms with Crippen molar-refractivity contribution in [2.45, 2.75) is 59.2 Å². The summed E-state index contributed by atoms with van der Waals surface area (Å²) in [4.78, 5) is 0. The van der Waals surface area contributed by atoms with E-state index in [0.717, 1.165) is 18.4 Å². The molecule has 0 bridgehead atoms. The SMILES string of the molecule is CCC(CC)C(C)NC(C)c1cccc(OC(F)F)c1. The Hall–Kier alpha value is -1.16. The lowest BCUT2D eigenvalue weighted by Gasteiger charge is -2.26. The molecule has 1 N–H and O–H groups in total. The molecule has 0 heterocycles. The fraction of sp³-hybridized carbons (Fsp3) is 0.625. The normalized spacial score (nSPS) is 14.6. The molecule has 0 aromatic heterocycles. The van der Waals surface area contributed by atoms with E-state index in [4.69, 9.17) is 0 Å². The highest BCUT2D eigenvalue weighted by molar-refractivity contribution is 5.30. The highest BCUT2D eigenvalue weighted by Gasteiger charge is 2.17. The Morgan fingerprint density at radius 1 is 1.15 bits per heavy atom. The lowest BCUT2D eigenvalue weighted by molar-refractivity contribution is -0.0499. The van der Waals surface area contributed by atoms with Crippen molar-refractivity contribution in [3.63, 3.8) is 0 Å². The van der Waals surface area contributed by atoms with Gasteiger partial charge < -0.3 is 10.1 Å². The van der Waals surface area contributed by atoms with Crippen molar-refractivity contribution in [1.82, 2.24) is 5.32 Å². The quantitative estimate of drug-likeness (QED) is 0.743. The maximum atomic E-state index is 12.2. The second-order valence-corrected chi connectivity index (χ2v) is 5.20. The number of ether oxygens (including phenoxy) is 1. The predicted molar refractivity (Wildman–Crippen MR) is 78.2 cm³/mol. The van der Waals surface area contributed by atoms with Crippen LogP contribution in [0.25, 0.3) is 0 Å². The van der Waals surface area contributed by atoms with Crippen LogP contribution in [0, 0.1) is 5.92 Å². The number of benzene rings is 1. The minimum atomic E-state index is -2.78. The molecular formula is C16H25F2NO. The van der Waals surface area contributed by atoms with Gasteiger partial charge in [-0.1, -0.05) is 38.8 Å². The minimum Gasteiger partial charge on any atom is -0.435 e. The second kappa shape index (κ2) is 8.20. The summed E-state index contributed by atoms with van der Waals surface area (Å²) in [6, 6.07) is 7.38. The van der Waals surface area contributed by atoms with Crippen LogP contribution in [0.15, 0.2) is 24.3 Å². The smallest absolute Gasteiger partial charge is 0.387 e. The fourth-order valence-electron chi connectivity index (χ4n) is 2.58. The molecule has 114 valence electrons. The van der Waals surface area contributed by atoms with Crippen molar-refractivity contribution in [2.24, 2.45) is 5.92 Å². The molecule has 0 aliphatic heterocycles. The Bertz CT molecular complexity index is 394. The first-order valence-electron chi connectivity index (χ1n) is 7.28. The molecule has 2 unspecified atom stereocenters. The second-order valence-electron chi connectivity index (χ2n) is 5.20. The zero-order valence-electron chi connectivity index (χ0n) is 12.7. The van der Waals surface area contributed by atoms with Crippen molar-refractivity contribution in [3.8, 4) is 5.75 Å². The summed E-state index contributed by atoms with van der Waals surface area (Å²) in [6.45, 7) is 5.81. The van der Waals surface area contributed by atoms with Crippen LogP contribution >= 0.6 is 0 Å². The first-order valence-corrected chi connectivity index (χ1v) is 7.28. The molecule has 4 heteroatoms. The van der Waals surface area contributed by atoms with Gasteiger partial charge in [-0.3, -0.25) is 0 Å². The van der Waals surface area contributed by atoms with E-state index >= 15 is 0 Å². The molecule has 0 aliphatic carbocycles. The van der Waals surface area contributed by atoms with Crippen molar-refractivity contribution in [3.05, 3.63) is 29.8 Å². The van der Waals surface area contributed by atoms with Crippen LogP contribution in [0.4, 0.5) is 8.78 Å². The fourth-order valence-corrected chi connectivity index (χ4v) is 2.58. The van der Waals surface area contributed by atoms with Gasteiger partial charge in [0.2, 0.25) is 0 Å². The zero-order chi connectivity index (χ0) is 15.1. The van der Waals surface area contributed by atoms with Gasteiger partial charge in [-0.05, 0) is 37.5 Å². The lowest BCUT2D eigenvalue weighted by atomic mass is 9.94. The van der Waals surface area contributed by atoms with Gasteiger partial charge >= 0.3 is 6.61 Å². The van der Waals surface area contributed by atoms with Gasteiger partial charge in [0.1, 0.15) is 5.75 Å². The molecule has 0 spiro atoms. The molecule has 0 saturated carbocycles. The minimum absolute atomic E-state index is 0.104. The van der Waals surface area contributed by atoms with Gasteiger partial charge in [-0.2, -0.15) is 8.78 Å². The summed E-state index contributed by atoms with van der Waals surface area (Å²) >= 11 is 0. The number of alkyl halides is 2. The van der Waals surface area contributed by atoms with Gasteiger partial charge in [0, 0.05) is 12.1 Å². The molecular weight excluding hydrogens is 260 g/mol. The number of rotatable bonds is 8. The van der Waals surface area contributed by atoms with E-state index in [1.54, 1.807) is 18.2 Å². The monoisotopic (exact) mass is 285 g/mol. The molecule has 1 aromatic carbocycles. The first kappa shape index (κ1) is 16.9. The largest absolute Gasteiger partial charge is 0.435 e. The Kier molecular flexibility index (Phi) is 6.93. The molecule has 1 aromatic rings. The van der Waals surface area contributed by atoms with Crippen LogP contribution in [-0.2, 0) is 0 Å². The third-order valence-corrected chi connectivity index (χ3v) is 3.85. The average molecular weight is 285 g/mol. The van der Waals surface area contributed by atoms with Crippen LogP contribution < -0.4 is 10.1 Å². The zero-order valence-corrected chi connectivity index (χ0v) is 12.7. The predicted octanol–water partition coefficient (Wildman–Crippen LogP) is 4.76.